The summed E-state index contributed by atoms with van der Waals surface area (Å²) >= 11 is 1.14. The average molecular weight is 365 g/mol. The highest BCUT2D eigenvalue weighted by Gasteiger charge is 2.14. The molecule has 2 heterocycles. The molecule has 0 bridgehead atoms. The Hall–Kier alpha value is -2.68. The lowest BCUT2D eigenvalue weighted by atomic mass is 10.2. The van der Waals surface area contributed by atoms with Gasteiger partial charge in [0.15, 0.2) is 5.78 Å². The van der Waals surface area contributed by atoms with Crippen LogP contribution in [0.1, 0.15) is 10.5 Å². The number of benzene rings is 1. The number of aryl methyl sites for hydroxylation is 1. The van der Waals surface area contributed by atoms with Crippen molar-refractivity contribution in [2.24, 2.45) is 7.05 Å². The lowest BCUT2D eigenvalue weighted by Crippen LogP contribution is -2.07. The monoisotopic (exact) mass is 365 g/mol. The van der Waals surface area contributed by atoms with E-state index in [4.69, 9.17) is 4.42 Å². The topological polar surface area (TPSA) is 70.2 Å². The minimum absolute atomic E-state index is 0.0426. The highest BCUT2D eigenvalue weighted by molar-refractivity contribution is 7.99. The molecule has 2 aromatic heterocycles. The SMILES string of the molecule is Cn1cccc1C(=O)CSc1nnc(-c2ccc(OC(F)F)cc2)o1. The first-order chi connectivity index (χ1) is 12.0. The van der Waals surface area contributed by atoms with Crippen LogP contribution >= 0.6 is 11.8 Å². The van der Waals surface area contributed by atoms with Crippen LogP contribution in [0.4, 0.5) is 8.78 Å². The summed E-state index contributed by atoms with van der Waals surface area (Å²) in [5, 5.41) is 8.02. The molecule has 0 atom stereocenters. The summed E-state index contributed by atoms with van der Waals surface area (Å²) in [4.78, 5) is 12.1. The number of ether oxygens (including phenoxy) is 1. The molecule has 0 aliphatic carbocycles. The van der Waals surface area contributed by atoms with E-state index in [1.165, 1.54) is 24.3 Å². The van der Waals surface area contributed by atoms with E-state index in [2.05, 4.69) is 14.9 Å². The predicted octanol–water partition coefficient (Wildman–Crippen LogP) is 3.65. The number of alkyl halides is 2. The summed E-state index contributed by atoms with van der Waals surface area (Å²) in [6.45, 7) is -2.88. The lowest BCUT2D eigenvalue weighted by molar-refractivity contribution is -0.0498. The van der Waals surface area contributed by atoms with Crippen molar-refractivity contribution in [3.8, 4) is 17.2 Å². The highest BCUT2D eigenvalue weighted by Crippen LogP contribution is 2.25. The van der Waals surface area contributed by atoms with Crippen LogP contribution in [0.5, 0.6) is 5.75 Å². The van der Waals surface area contributed by atoms with E-state index in [1.54, 1.807) is 29.9 Å². The fraction of sp³-hybridized carbons (Fsp3) is 0.188. The average Bonchev–Trinajstić information content (AvgIpc) is 3.22. The van der Waals surface area contributed by atoms with E-state index in [1.807, 2.05) is 0 Å². The van der Waals surface area contributed by atoms with Crippen molar-refractivity contribution in [3.05, 3.63) is 48.3 Å². The lowest BCUT2D eigenvalue weighted by Gasteiger charge is -2.03. The smallest absolute Gasteiger partial charge is 0.387 e. The molecule has 0 spiro atoms. The zero-order chi connectivity index (χ0) is 17.8. The number of hydrogen-bond donors (Lipinski definition) is 0. The normalized spacial score (nSPS) is 11.0. The van der Waals surface area contributed by atoms with Crippen molar-refractivity contribution in [3.63, 3.8) is 0 Å². The van der Waals surface area contributed by atoms with E-state index in [9.17, 15) is 13.6 Å². The number of nitrogens with zero attached hydrogens (tertiary/aromatic N) is 3. The Balaban J connectivity index is 1.62. The first kappa shape index (κ1) is 17.2. The van der Waals surface area contributed by atoms with Crippen LogP contribution in [-0.4, -0.2) is 32.9 Å². The van der Waals surface area contributed by atoms with Crippen molar-refractivity contribution in [2.45, 2.75) is 11.8 Å². The third kappa shape index (κ3) is 4.24. The summed E-state index contributed by atoms with van der Waals surface area (Å²) < 4.78 is 35.8. The van der Waals surface area contributed by atoms with Crippen molar-refractivity contribution in [2.75, 3.05) is 5.75 Å². The molecule has 0 aliphatic rings. The molecular weight excluding hydrogens is 352 g/mol. The van der Waals surface area contributed by atoms with Gasteiger partial charge in [-0.3, -0.25) is 4.79 Å². The maximum Gasteiger partial charge on any atom is 0.387 e. The van der Waals surface area contributed by atoms with E-state index >= 15 is 0 Å². The molecule has 0 radical (unpaired) electrons. The molecule has 0 N–H and O–H groups in total. The number of Topliss-reactive ketones (excluding diaryl/α,β-unsaturated/α-hetero) is 1. The quantitative estimate of drug-likeness (QED) is 0.470. The fourth-order valence-corrected chi connectivity index (χ4v) is 2.75. The second-order valence-corrected chi connectivity index (χ2v) is 5.92. The van der Waals surface area contributed by atoms with Gasteiger partial charge in [-0.05, 0) is 36.4 Å². The van der Waals surface area contributed by atoms with Gasteiger partial charge in [0.25, 0.3) is 5.22 Å². The molecule has 6 nitrogen and oxygen atoms in total. The van der Waals surface area contributed by atoms with E-state index in [-0.39, 0.29) is 28.4 Å². The molecule has 1 aromatic carbocycles. The second-order valence-electron chi connectivity index (χ2n) is 4.99. The van der Waals surface area contributed by atoms with Gasteiger partial charge in [0.2, 0.25) is 5.89 Å². The van der Waals surface area contributed by atoms with Gasteiger partial charge in [-0.15, -0.1) is 10.2 Å². The Morgan fingerprint density at radius 1 is 1.28 bits per heavy atom. The van der Waals surface area contributed by atoms with Crippen LogP contribution < -0.4 is 4.74 Å². The van der Waals surface area contributed by atoms with Gasteiger partial charge < -0.3 is 13.7 Å². The number of aromatic nitrogens is 3. The van der Waals surface area contributed by atoms with Crippen LogP contribution in [0.15, 0.2) is 52.2 Å². The Morgan fingerprint density at radius 3 is 2.68 bits per heavy atom. The van der Waals surface area contributed by atoms with Crippen molar-refractivity contribution >= 4 is 17.5 Å². The van der Waals surface area contributed by atoms with Gasteiger partial charge in [-0.2, -0.15) is 8.78 Å². The largest absolute Gasteiger partial charge is 0.435 e. The highest BCUT2D eigenvalue weighted by atomic mass is 32.2. The number of carbonyl (C=O) groups is 1. The standard InChI is InChI=1S/C16H13F2N3O3S/c1-21-8-2-3-12(21)13(22)9-25-16-20-19-14(24-16)10-4-6-11(7-5-10)23-15(17)18/h2-8,15H,9H2,1H3. The summed E-state index contributed by atoms with van der Waals surface area (Å²) in [6.07, 6.45) is 1.80. The summed E-state index contributed by atoms with van der Waals surface area (Å²) in [7, 11) is 1.80. The van der Waals surface area contributed by atoms with Crippen molar-refractivity contribution in [1.82, 2.24) is 14.8 Å². The molecular formula is C16H13F2N3O3S. The summed E-state index contributed by atoms with van der Waals surface area (Å²) in [6, 6.07) is 9.38. The number of rotatable bonds is 7. The van der Waals surface area contributed by atoms with Gasteiger partial charge >= 0.3 is 6.61 Å². The molecule has 0 amide bonds. The zero-order valence-electron chi connectivity index (χ0n) is 13.1. The number of hydrogen-bond acceptors (Lipinski definition) is 6. The Labute approximate surface area is 145 Å². The van der Waals surface area contributed by atoms with Crippen molar-refractivity contribution < 1.29 is 22.7 Å². The van der Waals surface area contributed by atoms with Gasteiger partial charge in [0.1, 0.15) is 5.75 Å². The second kappa shape index (κ2) is 7.47. The maximum atomic E-state index is 12.1. The first-order valence-electron chi connectivity index (χ1n) is 7.19. The fourth-order valence-electron chi connectivity index (χ4n) is 2.12. The first-order valence-corrected chi connectivity index (χ1v) is 8.17. The van der Waals surface area contributed by atoms with E-state index < -0.39 is 6.61 Å². The van der Waals surface area contributed by atoms with Crippen molar-refractivity contribution in [1.29, 1.82) is 0 Å². The third-order valence-electron chi connectivity index (χ3n) is 3.29. The molecule has 0 aliphatic heterocycles. The van der Waals surface area contributed by atoms with E-state index in [0.717, 1.165) is 11.8 Å². The zero-order valence-corrected chi connectivity index (χ0v) is 13.9. The molecule has 0 fully saturated rings. The maximum absolute atomic E-state index is 12.1. The van der Waals surface area contributed by atoms with Crippen LogP contribution in [0.25, 0.3) is 11.5 Å². The molecule has 0 unspecified atom stereocenters. The minimum Gasteiger partial charge on any atom is -0.435 e. The molecule has 3 rings (SSSR count). The van der Waals surface area contributed by atoms with Gasteiger partial charge in [0, 0.05) is 18.8 Å². The molecule has 25 heavy (non-hydrogen) atoms. The molecule has 9 heteroatoms. The molecule has 0 saturated heterocycles. The summed E-state index contributed by atoms with van der Waals surface area (Å²) in [5.41, 5.74) is 1.16. The minimum atomic E-state index is -2.88. The Bertz CT molecular complexity index is 862. The summed E-state index contributed by atoms with van der Waals surface area (Å²) in [5.74, 6) is 0.393. The third-order valence-corrected chi connectivity index (χ3v) is 4.11. The Kier molecular flexibility index (Phi) is 5.13. The van der Waals surface area contributed by atoms with Crippen LogP contribution in [-0.2, 0) is 7.05 Å². The number of halogens is 2. The van der Waals surface area contributed by atoms with Gasteiger partial charge in [0.05, 0.1) is 11.4 Å². The number of ketones is 1. The van der Waals surface area contributed by atoms with Crippen LogP contribution in [0, 0.1) is 0 Å². The molecule has 0 saturated carbocycles. The van der Waals surface area contributed by atoms with Crippen LogP contribution in [0.2, 0.25) is 0 Å². The van der Waals surface area contributed by atoms with Gasteiger partial charge in [-0.1, -0.05) is 11.8 Å². The molecule has 3 aromatic rings. The number of carbonyl (C=O) groups excluding carboxylic acids is 1. The molecule has 130 valence electrons. The van der Waals surface area contributed by atoms with Gasteiger partial charge in [-0.25, -0.2) is 0 Å². The Morgan fingerprint density at radius 2 is 2.04 bits per heavy atom. The number of thioether (sulfide) groups is 1. The predicted molar refractivity (Wildman–Crippen MR) is 86.8 cm³/mol. The van der Waals surface area contributed by atoms with E-state index in [0.29, 0.717) is 11.3 Å². The van der Waals surface area contributed by atoms with Crippen LogP contribution in [0.3, 0.4) is 0 Å².